The first kappa shape index (κ1) is 22.9. The molecule has 0 saturated heterocycles. The normalized spacial score (nSPS) is 15.0. The van der Waals surface area contributed by atoms with Gasteiger partial charge in [0.25, 0.3) is 0 Å². The molecular weight excluding hydrogens is 468 g/mol. The predicted molar refractivity (Wildman–Crippen MR) is 132 cm³/mol. The van der Waals surface area contributed by atoms with Crippen LogP contribution in [0.25, 0.3) is 11.1 Å². The van der Waals surface area contributed by atoms with E-state index in [4.69, 9.17) is 16.3 Å². The zero-order valence-corrected chi connectivity index (χ0v) is 19.5. The number of rotatable bonds is 7. The van der Waals surface area contributed by atoms with Crippen molar-refractivity contribution in [1.82, 2.24) is 5.32 Å². The quantitative estimate of drug-likeness (QED) is 0.417. The van der Waals surface area contributed by atoms with Crippen LogP contribution in [0.1, 0.15) is 40.2 Å². The molecule has 178 valence electrons. The minimum absolute atomic E-state index is 0.0191. The van der Waals surface area contributed by atoms with Gasteiger partial charge in [0.1, 0.15) is 6.61 Å². The maximum atomic E-state index is 12.8. The van der Waals surface area contributed by atoms with Gasteiger partial charge in [0, 0.05) is 23.2 Å². The number of halogens is 1. The van der Waals surface area contributed by atoms with Crippen molar-refractivity contribution < 1.29 is 24.2 Å². The Morgan fingerprint density at radius 1 is 0.971 bits per heavy atom. The fraction of sp³-hybridized carbons (Fsp3) is 0.222. The van der Waals surface area contributed by atoms with Crippen molar-refractivity contribution in [3.63, 3.8) is 0 Å². The Hall–Kier alpha value is -3.84. The number of carboxylic acid groups (broad SMARTS) is 1. The third-order valence-corrected chi connectivity index (χ3v) is 6.87. The third kappa shape index (κ3) is 4.59. The lowest BCUT2D eigenvalue weighted by atomic mass is 9.98. The molecule has 5 rings (SSSR count). The molecule has 0 atom stereocenters. The summed E-state index contributed by atoms with van der Waals surface area (Å²) in [5, 5.41) is 14.8. The van der Waals surface area contributed by atoms with E-state index in [-0.39, 0.29) is 35.6 Å². The van der Waals surface area contributed by atoms with E-state index in [9.17, 15) is 19.5 Å². The average Bonchev–Trinajstić information content (AvgIpc) is 3.58. The number of aromatic carboxylic acids is 1. The van der Waals surface area contributed by atoms with Crippen LogP contribution >= 0.6 is 11.6 Å². The molecule has 35 heavy (non-hydrogen) atoms. The molecule has 1 fully saturated rings. The molecule has 0 bridgehead atoms. The smallest absolute Gasteiger partial charge is 0.407 e. The SMILES string of the molecule is O=C(NCC1(C(=O)Nc2cc(Cl)cc(C(=O)O)c2)CC1)OCC1c2ccccc2-c2ccccc21. The molecule has 2 aliphatic carbocycles. The third-order valence-electron chi connectivity index (χ3n) is 6.65. The van der Waals surface area contributed by atoms with Crippen molar-refractivity contribution >= 4 is 35.3 Å². The number of hydrogen-bond acceptors (Lipinski definition) is 4. The Morgan fingerprint density at radius 2 is 1.60 bits per heavy atom. The van der Waals surface area contributed by atoms with E-state index in [1.54, 1.807) is 0 Å². The van der Waals surface area contributed by atoms with Crippen molar-refractivity contribution in [3.05, 3.63) is 88.4 Å². The molecule has 2 aliphatic rings. The summed E-state index contributed by atoms with van der Waals surface area (Å²) >= 11 is 5.97. The second-order valence-corrected chi connectivity index (χ2v) is 9.38. The van der Waals surface area contributed by atoms with Crippen LogP contribution in [-0.2, 0) is 9.53 Å². The highest BCUT2D eigenvalue weighted by Gasteiger charge is 2.50. The highest BCUT2D eigenvalue weighted by molar-refractivity contribution is 6.31. The summed E-state index contributed by atoms with van der Waals surface area (Å²) < 4.78 is 5.55. The van der Waals surface area contributed by atoms with E-state index >= 15 is 0 Å². The number of nitrogens with one attached hydrogen (secondary N) is 2. The number of benzene rings is 3. The van der Waals surface area contributed by atoms with Gasteiger partial charge in [-0.1, -0.05) is 60.1 Å². The Bertz CT molecular complexity index is 1290. The predicted octanol–water partition coefficient (Wildman–Crippen LogP) is 5.30. The molecule has 0 aromatic heterocycles. The van der Waals surface area contributed by atoms with Gasteiger partial charge in [-0.3, -0.25) is 4.79 Å². The monoisotopic (exact) mass is 490 g/mol. The fourth-order valence-corrected chi connectivity index (χ4v) is 4.81. The molecule has 8 heteroatoms. The van der Waals surface area contributed by atoms with E-state index in [2.05, 4.69) is 34.9 Å². The Balaban J connectivity index is 1.18. The van der Waals surface area contributed by atoms with Crippen molar-refractivity contribution in [2.75, 3.05) is 18.5 Å². The molecule has 3 N–H and O–H groups in total. The van der Waals surface area contributed by atoms with Gasteiger partial charge in [-0.05, 0) is 53.3 Å². The van der Waals surface area contributed by atoms with Crippen LogP contribution in [-0.4, -0.2) is 36.2 Å². The number of carbonyl (C=O) groups is 3. The number of hydrogen-bond donors (Lipinski definition) is 3. The van der Waals surface area contributed by atoms with Crippen LogP contribution < -0.4 is 10.6 Å². The van der Waals surface area contributed by atoms with E-state index in [1.807, 2.05) is 24.3 Å². The molecule has 0 spiro atoms. The van der Waals surface area contributed by atoms with Gasteiger partial charge in [0.2, 0.25) is 5.91 Å². The zero-order chi connectivity index (χ0) is 24.6. The minimum atomic E-state index is -1.14. The van der Waals surface area contributed by atoms with Crippen LogP contribution in [0.3, 0.4) is 0 Å². The number of alkyl carbamates (subject to hydrolysis) is 1. The van der Waals surface area contributed by atoms with E-state index in [0.717, 1.165) is 22.3 Å². The molecule has 0 radical (unpaired) electrons. The standard InChI is InChI=1S/C27H23ClN2O5/c28-17-11-16(24(31)32)12-18(13-17)30-25(33)27(9-10-27)15-29-26(34)35-14-23-21-7-3-1-5-19(21)20-6-2-4-8-22(20)23/h1-8,11-13,23H,9-10,14-15H2,(H,29,34)(H,30,33)(H,31,32). The minimum Gasteiger partial charge on any atom is -0.478 e. The second-order valence-electron chi connectivity index (χ2n) is 8.95. The lowest BCUT2D eigenvalue weighted by molar-refractivity contribution is -0.120. The van der Waals surface area contributed by atoms with E-state index < -0.39 is 17.5 Å². The molecule has 7 nitrogen and oxygen atoms in total. The summed E-state index contributed by atoms with van der Waals surface area (Å²) in [6.45, 7) is 0.321. The number of amides is 2. The summed E-state index contributed by atoms with van der Waals surface area (Å²) in [7, 11) is 0. The Morgan fingerprint density at radius 3 is 2.20 bits per heavy atom. The van der Waals surface area contributed by atoms with Crippen LogP contribution in [0.15, 0.2) is 66.7 Å². The molecule has 3 aromatic rings. The average molecular weight is 491 g/mol. The first-order valence-electron chi connectivity index (χ1n) is 11.3. The topological polar surface area (TPSA) is 105 Å². The van der Waals surface area contributed by atoms with Gasteiger partial charge < -0.3 is 20.5 Å². The summed E-state index contributed by atoms with van der Waals surface area (Å²) in [6.07, 6.45) is 0.630. The van der Waals surface area contributed by atoms with Crippen molar-refractivity contribution in [1.29, 1.82) is 0 Å². The number of ether oxygens (including phenoxy) is 1. The summed E-state index contributed by atoms with van der Waals surface area (Å²) in [5.41, 5.74) is 4.08. The summed E-state index contributed by atoms with van der Waals surface area (Å²) in [4.78, 5) is 36.6. The van der Waals surface area contributed by atoms with Gasteiger partial charge in [0.05, 0.1) is 11.0 Å². The number of fused-ring (bicyclic) bond motifs is 3. The van der Waals surface area contributed by atoms with Gasteiger partial charge in [-0.15, -0.1) is 0 Å². The van der Waals surface area contributed by atoms with Crippen LogP contribution in [0, 0.1) is 5.41 Å². The van der Waals surface area contributed by atoms with E-state index in [1.165, 1.54) is 18.2 Å². The zero-order valence-electron chi connectivity index (χ0n) is 18.7. The van der Waals surface area contributed by atoms with Gasteiger partial charge >= 0.3 is 12.1 Å². The maximum absolute atomic E-state index is 12.8. The highest BCUT2D eigenvalue weighted by atomic mass is 35.5. The lowest BCUT2D eigenvalue weighted by Crippen LogP contribution is -2.37. The molecule has 0 heterocycles. The first-order chi connectivity index (χ1) is 16.9. The fourth-order valence-electron chi connectivity index (χ4n) is 4.57. The van der Waals surface area contributed by atoms with Crippen molar-refractivity contribution in [2.45, 2.75) is 18.8 Å². The van der Waals surface area contributed by atoms with Crippen molar-refractivity contribution in [3.8, 4) is 11.1 Å². The van der Waals surface area contributed by atoms with Crippen LogP contribution in [0.5, 0.6) is 0 Å². The Kier molecular flexibility index (Phi) is 5.94. The number of anilines is 1. The summed E-state index contributed by atoms with van der Waals surface area (Å²) in [6, 6.07) is 20.3. The molecule has 0 unspecified atom stereocenters. The van der Waals surface area contributed by atoms with Crippen LogP contribution in [0.2, 0.25) is 5.02 Å². The molecule has 1 saturated carbocycles. The number of carboxylic acids is 1. The van der Waals surface area contributed by atoms with Gasteiger partial charge in [-0.25, -0.2) is 9.59 Å². The van der Waals surface area contributed by atoms with Gasteiger partial charge in [-0.2, -0.15) is 0 Å². The second kappa shape index (κ2) is 9.07. The maximum Gasteiger partial charge on any atom is 0.407 e. The molecule has 3 aromatic carbocycles. The van der Waals surface area contributed by atoms with Gasteiger partial charge in [0.15, 0.2) is 0 Å². The Labute approximate surface area is 207 Å². The highest BCUT2D eigenvalue weighted by Crippen LogP contribution is 2.46. The number of carbonyl (C=O) groups excluding carboxylic acids is 2. The summed E-state index contributed by atoms with van der Waals surface area (Å²) in [5.74, 6) is -1.48. The molecule has 0 aliphatic heterocycles. The largest absolute Gasteiger partial charge is 0.478 e. The lowest BCUT2D eigenvalue weighted by Gasteiger charge is -2.18. The van der Waals surface area contributed by atoms with Crippen LogP contribution in [0.4, 0.5) is 10.5 Å². The molecule has 2 amide bonds. The van der Waals surface area contributed by atoms with Crippen molar-refractivity contribution in [2.24, 2.45) is 5.41 Å². The molecular formula is C27H23ClN2O5. The first-order valence-corrected chi connectivity index (χ1v) is 11.7. The van der Waals surface area contributed by atoms with E-state index in [0.29, 0.717) is 18.5 Å².